The lowest BCUT2D eigenvalue weighted by Crippen LogP contribution is -2.23. The second-order valence-corrected chi connectivity index (χ2v) is 11.3. The number of nitrogens with one attached hydrogen (secondary N) is 1. The molecule has 0 heterocycles. The molecular weight excluding hydrogens is 725 g/mol. The van der Waals surface area contributed by atoms with E-state index in [0.717, 1.165) is 43.8 Å². The van der Waals surface area contributed by atoms with Crippen molar-refractivity contribution in [2.75, 3.05) is 40.5 Å². The summed E-state index contributed by atoms with van der Waals surface area (Å²) in [6.45, 7) is 5.86. The van der Waals surface area contributed by atoms with Crippen molar-refractivity contribution >= 4 is 24.3 Å². The van der Waals surface area contributed by atoms with Crippen molar-refractivity contribution in [3.8, 4) is 17.2 Å². The second kappa shape index (κ2) is 31.2. The van der Waals surface area contributed by atoms with Crippen LogP contribution in [-0.4, -0.2) is 63.8 Å². The number of benzene rings is 2. The monoisotopic (exact) mass is 780 g/mol. The quantitative estimate of drug-likeness (QED) is 0.0213. The molecular formula is C40H55F3N2O10. The highest BCUT2D eigenvalue weighted by atomic mass is 19.4. The average Bonchev–Trinajstić information content (AvgIpc) is 3.69. The molecule has 0 amide bonds. The van der Waals surface area contributed by atoms with Crippen LogP contribution in [0.25, 0.3) is 6.08 Å². The number of nitrogens with zero attached hydrogens (tertiary/aromatic N) is 1. The predicted octanol–water partition coefficient (Wildman–Crippen LogP) is 8.76. The van der Waals surface area contributed by atoms with Crippen molar-refractivity contribution in [3.63, 3.8) is 0 Å². The Morgan fingerprint density at radius 3 is 2.33 bits per heavy atom. The molecule has 0 spiro atoms. The number of hydrogen-bond acceptors (Lipinski definition) is 11. The number of esters is 2. The van der Waals surface area contributed by atoms with E-state index in [1.165, 1.54) is 51.0 Å². The lowest BCUT2D eigenvalue weighted by atomic mass is 10.1. The minimum Gasteiger partial charge on any atom is -0.493 e. The van der Waals surface area contributed by atoms with Crippen molar-refractivity contribution in [3.05, 3.63) is 94.1 Å². The molecule has 15 heteroatoms. The van der Waals surface area contributed by atoms with Crippen LogP contribution >= 0.6 is 0 Å². The van der Waals surface area contributed by atoms with Gasteiger partial charge in [-0.05, 0) is 94.0 Å². The molecule has 0 radical (unpaired) electrons. The summed E-state index contributed by atoms with van der Waals surface area (Å²) in [7, 11) is 3.04. The number of methoxy groups -OCH3 is 1. The summed E-state index contributed by atoms with van der Waals surface area (Å²) in [4.78, 5) is 46.6. The molecule has 1 saturated carbocycles. The average molecular weight is 781 g/mol. The van der Waals surface area contributed by atoms with Crippen LogP contribution in [0, 0.1) is 16.0 Å². The zero-order valence-corrected chi connectivity index (χ0v) is 32.3. The first-order valence-corrected chi connectivity index (χ1v) is 18.1. The van der Waals surface area contributed by atoms with Gasteiger partial charge in [-0.15, -0.1) is 10.1 Å². The van der Waals surface area contributed by atoms with E-state index in [0.29, 0.717) is 30.3 Å². The number of unbranched alkanes of at least 4 members (excludes halogenated alkanes) is 2. The topological polar surface area (TPSA) is 153 Å². The van der Waals surface area contributed by atoms with Crippen LogP contribution in [0.3, 0.4) is 0 Å². The van der Waals surface area contributed by atoms with Gasteiger partial charge in [0, 0.05) is 12.5 Å². The molecule has 0 bridgehead atoms. The first-order valence-electron chi connectivity index (χ1n) is 18.1. The number of halogens is 3. The molecule has 0 atom stereocenters. The number of rotatable bonds is 19. The Morgan fingerprint density at radius 2 is 1.71 bits per heavy atom. The number of aldehydes is 1. The van der Waals surface area contributed by atoms with Crippen LogP contribution < -0.4 is 19.5 Å². The standard InChI is InChI=1S/C16H19F3O.C15H18N2O8.C7H12O.C2H6/c17-16(18,19)14-9-5-10-15(12-14)20-11-4-3-8-13-6-1-2-7-13;1-16-10-15(19)25-12-5-3-11(9-13(12)22-2)4-6-14(18)23-7-8-24-17(20)21;1-2-3-4-5-6-7-8;1-2/h3,5,8-10,12-13H,1-2,4,6-7,11H2;3-6,9,16H,7-8,10H2,1-2H3;2-3,7H,4-6H2,1H3;1-2H3/b8-3+;6-4+;3-2-;. The highest BCUT2D eigenvalue weighted by molar-refractivity contribution is 5.87. The fourth-order valence-electron chi connectivity index (χ4n) is 4.57. The molecule has 2 aromatic carbocycles. The van der Waals surface area contributed by atoms with E-state index < -0.39 is 28.8 Å². The zero-order valence-electron chi connectivity index (χ0n) is 32.3. The molecule has 0 aromatic heterocycles. The van der Waals surface area contributed by atoms with E-state index >= 15 is 0 Å². The molecule has 1 aliphatic rings. The van der Waals surface area contributed by atoms with E-state index in [1.807, 2.05) is 26.8 Å². The van der Waals surface area contributed by atoms with Gasteiger partial charge in [0.15, 0.2) is 11.5 Å². The SMILES string of the molecule is C/C=C\CCCC=O.CC.CNCC(=O)Oc1ccc(/C=C/C(=O)OCCO[N+](=O)[O-])cc1OC.FC(F)(F)c1cccc(OCC/C=C/C2CCCC2)c1. The Hall–Kier alpha value is -5.18. The summed E-state index contributed by atoms with van der Waals surface area (Å²) in [6.07, 6.45) is 16.2. The van der Waals surface area contributed by atoms with Gasteiger partial charge in [-0.25, -0.2) is 4.79 Å². The number of alkyl halides is 3. The van der Waals surface area contributed by atoms with Crippen LogP contribution in [0.1, 0.15) is 83.3 Å². The Kier molecular flexibility index (Phi) is 28.3. The number of carbonyl (C=O) groups excluding carboxylic acids is 3. The molecule has 0 unspecified atom stereocenters. The van der Waals surface area contributed by atoms with Gasteiger partial charge in [0.05, 0.1) is 25.8 Å². The lowest BCUT2D eigenvalue weighted by molar-refractivity contribution is -0.757. The van der Waals surface area contributed by atoms with Crippen molar-refractivity contribution in [1.82, 2.24) is 5.32 Å². The maximum atomic E-state index is 12.5. The van der Waals surface area contributed by atoms with Crippen LogP contribution in [0.5, 0.6) is 17.2 Å². The number of likely N-dealkylation sites (N-methyl/N-ethyl adjacent to an activating group) is 1. The van der Waals surface area contributed by atoms with Gasteiger partial charge >= 0.3 is 18.1 Å². The molecule has 1 fully saturated rings. The van der Waals surface area contributed by atoms with Gasteiger partial charge in [0.2, 0.25) is 0 Å². The molecule has 12 nitrogen and oxygen atoms in total. The van der Waals surface area contributed by atoms with Gasteiger partial charge in [0.1, 0.15) is 25.2 Å². The van der Waals surface area contributed by atoms with Gasteiger partial charge in [-0.1, -0.05) is 63.1 Å². The van der Waals surface area contributed by atoms with Crippen LogP contribution in [0.4, 0.5) is 13.2 Å². The second-order valence-electron chi connectivity index (χ2n) is 11.3. The molecule has 1 aliphatic carbocycles. The van der Waals surface area contributed by atoms with Crippen LogP contribution in [-0.2, 0) is 30.1 Å². The van der Waals surface area contributed by atoms with Gasteiger partial charge in [-0.2, -0.15) is 13.2 Å². The normalized spacial score (nSPS) is 12.4. The van der Waals surface area contributed by atoms with Crippen molar-refractivity contribution in [1.29, 1.82) is 0 Å². The Balaban J connectivity index is 0.000000865. The summed E-state index contributed by atoms with van der Waals surface area (Å²) in [6, 6.07) is 9.73. The van der Waals surface area contributed by atoms with Crippen LogP contribution in [0.15, 0.2) is 72.8 Å². The van der Waals surface area contributed by atoms with E-state index in [-0.39, 0.29) is 31.3 Å². The number of allylic oxidation sites excluding steroid dienone is 3. The summed E-state index contributed by atoms with van der Waals surface area (Å²) in [5, 5.41) is 11.6. The Bertz CT molecular complexity index is 1470. The predicted molar refractivity (Wildman–Crippen MR) is 204 cm³/mol. The largest absolute Gasteiger partial charge is 0.493 e. The Labute approximate surface area is 321 Å². The highest BCUT2D eigenvalue weighted by Crippen LogP contribution is 2.31. The summed E-state index contributed by atoms with van der Waals surface area (Å²) in [5.74, 6) is 0.372. The van der Waals surface area contributed by atoms with E-state index in [2.05, 4.69) is 28.4 Å². The number of hydrogen-bond donors (Lipinski definition) is 1. The van der Waals surface area contributed by atoms with Crippen LogP contribution in [0.2, 0.25) is 0 Å². The fourth-order valence-corrected chi connectivity index (χ4v) is 4.57. The maximum absolute atomic E-state index is 12.5. The smallest absolute Gasteiger partial charge is 0.416 e. The summed E-state index contributed by atoms with van der Waals surface area (Å²) >= 11 is 0. The third kappa shape index (κ3) is 25.5. The number of ether oxygens (including phenoxy) is 4. The van der Waals surface area contributed by atoms with Gasteiger partial charge in [0.25, 0.3) is 5.09 Å². The Morgan fingerprint density at radius 1 is 0.982 bits per heavy atom. The van der Waals surface area contributed by atoms with Crippen molar-refractivity contribution < 1.29 is 56.4 Å². The van der Waals surface area contributed by atoms with Gasteiger partial charge < -0.3 is 33.9 Å². The minimum absolute atomic E-state index is 0.0524. The molecule has 55 heavy (non-hydrogen) atoms. The molecule has 306 valence electrons. The van der Waals surface area contributed by atoms with E-state index in [4.69, 9.17) is 18.9 Å². The van der Waals surface area contributed by atoms with Crippen molar-refractivity contribution in [2.45, 2.75) is 78.3 Å². The van der Waals surface area contributed by atoms with Gasteiger partial charge in [-0.3, -0.25) is 4.79 Å². The highest BCUT2D eigenvalue weighted by Gasteiger charge is 2.30. The van der Waals surface area contributed by atoms with E-state index in [9.17, 15) is 37.7 Å². The molecule has 2 aromatic rings. The summed E-state index contributed by atoms with van der Waals surface area (Å²) in [5.41, 5.74) is -0.0692. The lowest BCUT2D eigenvalue weighted by Gasteiger charge is -2.09. The van der Waals surface area contributed by atoms with E-state index in [1.54, 1.807) is 25.2 Å². The first-order chi connectivity index (χ1) is 26.4. The fraction of sp³-hybridized carbons (Fsp3) is 0.475. The molecule has 0 saturated heterocycles. The minimum atomic E-state index is -4.32. The third-order valence-electron chi connectivity index (χ3n) is 7.12. The first kappa shape index (κ1) is 49.8. The third-order valence-corrected chi connectivity index (χ3v) is 7.12. The zero-order chi connectivity index (χ0) is 41.3. The molecule has 3 rings (SSSR count). The van der Waals surface area contributed by atoms with Crippen molar-refractivity contribution in [2.24, 2.45) is 5.92 Å². The maximum Gasteiger partial charge on any atom is 0.416 e. The number of carbonyl (C=O) groups is 3. The molecule has 1 N–H and O–H groups in total. The molecule has 0 aliphatic heterocycles. The summed E-state index contributed by atoms with van der Waals surface area (Å²) < 4.78 is 57.9.